The van der Waals surface area contributed by atoms with Gasteiger partial charge in [-0.3, -0.25) is 4.90 Å². The molecular weight excluding hydrogens is 538 g/mol. The summed E-state index contributed by atoms with van der Waals surface area (Å²) in [7, 11) is -2.92. The van der Waals surface area contributed by atoms with Gasteiger partial charge in [-0.25, -0.2) is 9.59 Å². The lowest BCUT2D eigenvalue weighted by Crippen LogP contribution is -2.68. The summed E-state index contributed by atoms with van der Waals surface area (Å²) in [5, 5.41) is 13.4. The molecule has 9 nitrogen and oxygen atoms in total. The van der Waals surface area contributed by atoms with E-state index in [0.29, 0.717) is 0 Å². The van der Waals surface area contributed by atoms with Crippen molar-refractivity contribution >= 4 is 36.5 Å². The summed E-state index contributed by atoms with van der Waals surface area (Å²) in [6.07, 6.45) is -0.334. The molecule has 10 heteroatoms. The van der Waals surface area contributed by atoms with E-state index in [4.69, 9.17) is 13.9 Å². The van der Waals surface area contributed by atoms with Crippen LogP contribution in [0.2, 0.25) is 5.04 Å². The van der Waals surface area contributed by atoms with Gasteiger partial charge in [0.05, 0.1) is 25.8 Å². The Bertz CT molecular complexity index is 1210. The highest BCUT2D eigenvalue weighted by Gasteiger charge is 2.55. The quantitative estimate of drug-likeness (QED) is 0.166. The molecule has 1 saturated heterocycles. The third kappa shape index (κ3) is 7.13. The molecule has 2 aromatic rings. The lowest BCUT2D eigenvalue weighted by atomic mass is 9.85. The fourth-order valence-electron chi connectivity index (χ4n) is 5.46. The van der Waals surface area contributed by atoms with Crippen molar-refractivity contribution in [2.45, 2.75) is 83.6 Å². The van der Waals surface area contributed by atoms with Crippen LogP contribution in [0.5, 0.6) is 0 Å². The SMILES string of the molecule is CCOC(=O)C(=[N+]=[N-])C1(O)CC[C@@H](CO[Si](c2ccccc2)(c2ccccc2)C(C)(C)C)N(C(=O)OC(C)(C)C)C1. The minimum Gasteiger partial charge on any atom is -0.457 e. The molecule has 2 aromatic carbocycles. The first-order chi connectivity index (χ1) is 19.2. The molecule has 0 aromatic heterocycles. The summed E-state index contributed by atoms with van der Waals surface area (Å²) >= 11 is 0. The number of esters is 1. The van der Waals surface area contributed by atoms with E-state index in [9.17, 15) is 20.2 Å². The van der Waals surface area contributed by atoms with Crippen LogP contribution in [0.1, 0.15) is 61.3 Å². The molecule has 3 rings (SSSR count). The summed E-state index contributed by atoms with van der Waals surface area (Å²) in [4.78, 5) is 30.5. The van der Waals surface area contributed by atoms with E-state index in [1.54, 1.807) is 27.7 Å². The number of carbonyl (C=O) groups excluding carboxylic acids is 2. The highest BCUT2D eigenvalue weighted by molar-refractivity contribution is 6.99. The smallest absolute Gasteiger partial charge is 0.420 e. The van der Waals surface area contributed by atoms with E-state index >= 15 is 0 Å². The van der Waals surface area contributed by atoms with Crippen LogP contribution in [0, 0.1) is 0 Å². The van der Waals surface area contributed by atoms with Crippen LogP contribution in [0.3, 0.4) is 0 Å². The number of hydrogen-bond donors (Lipinski definition) is 1. The highest BCUT2D eigenvalue weighted by atomic mass is 28.4. The zero-order valence-electron chi connectivity index (χ0n) is 25.2. The Morgan fingerprint density at radius 3 is 2.00 bits per heavy atom. The topological polar surface area (TPSA) is 122 Å². The highest BCUT2D eigenvalue weighted by Crippen LogP contribution is 2.38. The Morgan fingerprint density at radius 1 is 1.02 bits per heavy atom. The molecule has 1 fully saturated rings. The summed E-state index contributed by atoms with van der Waals surface area (Å²) in [6, 6.07) is 19.9. The van der Waals surface area contributed by atoms with Crippen molar-refractivity contribution in [1.29, 1.82) is 0 Å². The lowest BCUT2D eigenvalue weighted by molar-refractivity contribution is -0.145. The second kappa shape index (κ2) is 12.7. The van der Waals surface area contributed by atoms with Crippen molar-refractivity contribution in [2.75, 3.05) is 19.8 Å². The minimum absolute atomic E-state index is 0.0403. The standard InChI is InChI=1S/C31H43N3O6Si/c1-8-38-27(35)26(33-32)31(37)20-19-23(34(22-31)28(36)40-29(2,3)4)21-39-41(30(5,6)7,24-15-11-9-12-16-24)25-17-13-10-14-18-25/h9-18,23,37H,8,19-22H2,1-7H3/t23-,31?/m0/s1. The van der Waals surface area contributed by atoms with Gasteiger partial charge in [0, 0.05) is 0 Å². The molecule has 1 heterocycles. The molecule has 0 bridgehead atoms. The maximum atomic E-state index is 13.5. The van der Waals surface area contributed by atoms with E-state index < -0.39 is 43.3 Å². The van der Waals surface area contributed by atoms with Gasteiger partial charge in [-0.2, -0.15) is 4.79 Å². The number of benzene rings is 2. The predicted octanol–water partition coefficient (Wildman–Crippen LogP) is 3.93. The van der Waals surface area contributed by atoms with Gasteiger partial charge in [0.15, 0.2) is 5.60 Å². The van der Waals surface area contributed by atoms with E-state index in [-0.39, 0.29) is 37.6 Å². The summed E-state index contributed by atoms with van der Waals surface area (Å²) in [5.74, 6) is -0.941. The van der Waals surface area contributed by atoms with E-state index in [1.807, 2.05) is 36.4 Å². The Morgan fingerprint density at radius 2 is 1.56 bits per heavy atom. The van der Waals surface area contributed by atoms with Crippen molar-refractivity contribution < 1.29 is 33.4 Å². The van der Waals surface area contributed by atoms with Crippen molar-refractivity contribution in [3.63, 3.8) is 0 Å². The Balaban J connectivity index is 2.04. The lowest BCUT2D eigenvalue weighted by Gasteiger charge is -2.46. The molecule has 41 heavy (non-hydrogen) atoms. The molecule has 2 atom stereocenters. The van der Waals surface area contributed by atoms with Crippen LogP contribution in [0.25, 0.3) is 5.53 Å². The first-order valence-electron chi connectivity index (χ1n) is 14.0. The van der Waals surface area contributed by atoms with Crippen LogP contribution in [0.4, 0.5) is 4.79 Å². The number of likely N-dealkylation sites (tertiary alicyclic amines) is 1. The van der Waals surface area contributed by atoms with Crippen LogP contribution < -0.4 is 10.4 Å². The zero-order chi connectivity index (χ0) is 30.5. The monoisotopic (exact) mass is 581 g/mol. The van der Waals surface area contributed by atoms with Crippen LogP contribution >= 0.6 is 0 Å². The normalized spacial score (nSPS) is 19.7. The Labute approximate surface area is 244 Å². The fourth-order valence-corrected chi connectivity index (χ4v) is 10.1. The largest absolute Gasteiger partial charge is 0.457 e. The maximum Gasteiger partial charge on any atom is 0.420 e. The van der Waals surface area contributed by atoms with Gasteiger partial charge in [-0.15, -0.1) is 0 Å². The van der Waals surface area contributed by atoms with Crippen molar-refractivity contribution in [2.24, 2.45) is 0 Å². The van der Waals surface area contributed by atoms with Crippen LogP contribution in [-0.4, -0.2) is 77.9 Å². The van der Waals surface area contributed by atoms with E-state index in [0.717, 1.165) is 10.4 Å². The predicted molar refractivity (Wildman–Crippen MR) is 160 cm³/mol. The third-order valence-corrected chi connectivity index (χ3v) is 12.3. The zero-order valence-corrected chi connectivity index (χ0v) is 26.2. The van der Waals surface area contributed by atoms with Crippen LogP contribution in [-0.2, 0) is 18.7 Å². The fraction of sp³-hybridized carbons (Fsp3) is 0.516. The number of carbonyl (C=O) groups is 2. The number of rotatable bonds is 8. The Kier molecular flexibility index (Phi) is 9.97. The molecular formula is C31H43N3O6Si. The molecule has 1 aliphatic heterocycles. The maximum absolute atomic E-state index is 13.5. The van der Waals surface area contributed by atoms with Gasteiger partial charge >= 0.3 is 17.8 Å². The van der Waals surface area contributed by atoms with Gasteiger partial charge in [0.25, 0.3) is 8.32 Å². The second-order valence-corrected chi connectivity index (χ2v) is 16.8. The second-order valence-electron chi connectivity index (χ2n) is 12.5. The van der Waals surface area contributed by atoms with Gasteiger partial charge in [0.2, 0.25) is 0 Å². The summed E-state index contributed by atoms with van der Waals surface area (Å²) in [6.45, 7) is 13.3. The number of piperidine rings is 1. The average molecular weight is 582 g/mol. The van der Waals surface area contributed by atoms with E-state index in [1.165, 1.54) is 4.90 Å². The van der Waals surface area contributed by atoms with Crippen molar-refractivity contribution in [3.05, 3.63) is 66.2 Å². The molecule has 0 spiro atoms. The molecule has 0 aliphatic carbocycles. The van der Waals surface area contributed by atoms with E-state index in [2.05, 4.69) is 49.8 Å². The first kappa shape index (κ1) is 32.2. The molecule has 0 radical (unpaired) electrons. The number of amides is 1. The number of nitrogens with zero attached hydrogens (tertiary/aromatic N) is 3. The average Bonchev–Trinajstić information content (AvgIpc) is 2.89. The molecule has 1 unspecified atom stereocenters. The van der Waals surface area contributed by atoms with Crippen molar-refractivity contribution in [3.8, 4) is 0 Å². The number of hydrogen-bond acceptors (Lipinski definition) is 6. The minimum atomic E-state index is -2.92. The van der Waals surface area contributed by atoms with Gasteiger partial charge in [-0.05, 0) is 55.9 Å². The Hall–Kier alpha value is -3.30. The molecule has 1 amide bonds. The summed E-state index contributed by atoms with van der Waals surface area (Å²) in [5.41, 5.74) is 6.38. The van der Waals surface area contributed by atoms with Crippen molar-refractivity contribution in [1.82, 2.24) is 4.90 Å². The van der Waals surface area contributed by atoms with Gasteiger partial charge in [0.1, 0.15) is 5.60 Å². The van der Waals surface area contributed by atoms with Gasteiger partial charge < -0.3 is 24.5 Å². The summed E-state index contributed by atoms with van der Waals surface area (Å²) < 4.78 is 17.8. The third-order valence-electron chi connectivity index (χ3n) is 7.31. The molecule has 0 saturated carbocycles. The van der Waals surface area contributed by atoms with Gasteiger partial charge in [-0.1, -0.05) is 81.4 Å². The molecule has 1 aliphatic rings. The number of aliphatic hydroxyl groups is 1. The molecule has 1 N–H and O–H groups in total. The number of β-amino-alcohol motifs (C(OH)–C–C–N with tert-alkyl or cyclic N) is 1. The first-order valence-corrected chi connectivity index (χ1v) is 16.0. The number of ether oxygens (including phenoxy) is 2. The molecule has 222 valence electrons. The van der Waals surface area contributed by atoms with Crippen LogP contribution in [0.15, 0.2) is 60.7 Å².